The SMILES string of the molecule is C[C@H]1[C@H](CC(C)(C)C)CC1(c1ccc(O)c(Cl)c1)c1ccc(O)c(Cl)c1. The van der Waals surface area contributed by atoms with Gasteiger partial charge < -0.3 is 10.2 Å². The van der Waals surface area contributed by atoms with Crippen LogP contribution in [0.25, 0.3) is 0 Å². The highest BCUT2D eigenvalue weighted by Gasteiger charge is 2.53. The van der Waals surface area contributed by atoms with Crippen molar-refractivity contribution in [2.45, 2.75) is 46.0 Å². The molecule has 0 radical (unpaired) electrons. The lowest BCUT2D eigenvalue weighted by Gasteiger charge is -2.56. The van der Waals surface area contributed by atoms with Gasteiger partial charge in [0.15, 0.2) is 0 Å². The topological polar surface area (TPSA) is 40.5 Å². The molecule has 0 amide bonds. The average Bonchev–Trinajstić information content (AvgIpc) is 2.55. The molecule has 1 fully saturated rings. The third-order valence-electron chi connectivity index (χ3n) is 5.87. The van der Waals surface area contributed by atoms with Crippen LogP contribution in [0.1, 0.15) is 51.7 Å². The van der Waals surface area contributed by atoms with Gasteiger partial charge in [-0.25, -0.2) is 0 Å². The Bertz CT molecular complexity index is 772. The molecule has 1 aliphatic carbocycles. The second-order valence-corrected chi connectivity index (χ2v) is 9.64. The van der Waals surface area contributed by atoms with Crippen LogP contribution in [-0.4, -0.2) is 10.2 Å². The van der Waals surface area contributed by atoms with Crippen molar-refractivity contribution in [2.75, 3.05) is 0 Å². The van der Waals surface area contributed by atoms with E-state index < -0.39 is 0 Å². The molecule has 3 rings (SSSR count). The molecular weight excluding hydrogens is 367 g/mol. The zero-order valence-electron chi connectivity index (χ0n) is 15.7. The molecule has 0 spiro atoms. The fourth-order valence-corrected chi connectivity index (χ4v) is 4.91. The van der Waals surface area contributed by atoms with Crippen molar-refractivity contribution in [3.05, 3.63) is 57.6 Å². The zero-order valence-corrected chi connectivity index (χ0v) is 17.2. The number of rotatable bonds is 3. The first kappa shape index (κ1) is 19.4. The highest BCUT2D eigenvalue weighted by Crippen LogP contribution is 2.60. The Hall–Kier alpha value is -1.38. The first-order valence-corrected chi connectivity index (χ1v) is 9.78. The molecule has 2 nitrogen and oxygen atoms in total. The fourth-order valence-electron chi connectivity index (χ4n) is 4.55. The van der Waals surface area contributed by atoms with Crippen molar-refractivity contribution in [3.63, 3.8) is 0 Å². The van der Waals surface area contributed by atoms with E-state index in [1.165, 1.54) is 0 Å². The van der Waals surface area contributed by atoms with Gasteiger partial charge in [0.1, 0.15) is 11.5 Å². The molecule has 1 saturated carbocycles. The summed E-state index contributed by atoms with van der Waals surface area (Å²) in [6.07, 6.45) is 2.14. The molecule has 0 aromatic heterocycles. The van der Waals surface area contributed by atoms with Gasteiger partial charge in [0.25, 0.3) is 0 Å². The highest BCUT2D eigenvalue weighted by atomic mass is 35.5. The van der Waals surface area contributed by atoms with Crippen LogP contribution in [0.4, 0.5) is 0 Å². The number of hydrogen-bond donors (Lipinski definition) is 2. The monoisotopic (exact) mass is 392 g/mol. The molecule has 2 aromatic rings. The Morgan fingerprint density at radius 3 is 1.77 bits per heavy atom. The predicted molar refractivity (Wildman–Crippen MR) is 108 cm³/mol. The summed E-state index contributed by atoms with van der Waals surface area (Å²) in [4.78, 5) is 0. The van der Waals surface area contributed by atoms with Crippen molar-refractivity contribution in [3.8, 4) is 11.5 Å². The minimum absolute atomic E-state index is 0.0903. The van der Waals surface area contributed by atoms with Crippen molar-refractivity contribution in [2.24, 2.45) is 17.3 Å². The lowest BCUT2D eigenvalue weighted by atomic mass is 9.47. The molecule has 26 heavy (non-hydrogen) atoms. The zero-order chi connectivity index (χ0) is 19.3. The third-order valence-corrected chi connectivity index (χ3v) is 6.47. The molecule has 0 heterocycles. The Morgan fingerprint density at radius 2 is 1.42 bits per heavy atom. The lowest BCUT2D eigenvalue weighted by molar-refractivity contribution is 0.0435. The number of phenolic OH excluding ortho intramolecular Hbond substituents is 2. The molecule has 0 saturated heterocycles. The molecule has 0 aliphatic heterocycles. The Balaban J connectivity index is 2.08. The minimum Gasteiger partial charge on any atom is -0.506 e. The van der Waals surface area contributed by atoms with Crippen molar-refractivity contribution in [1.82, 2.24) is 0 Å². The summed E-state index contributed by atoms with van der Waals surface area (Å²) < 4.78 is 0. The van der Waals surface area contributed by atoms with Gasteiger partial charge in [0.05, 0.1) is 10.0 Å². The highest BCUT2D eigenvalue weighted by molar-refractivity contribution is 6.32. The maximum atomic E-state index is 9.84. The van der Waals surface area contributed by atoms with E-state index in [1.807, 2.05) is 24.3 Å². The fraction of sp³-hybridized carbons (Fsp3) is 0.455. The van der Waals surface area contributed by atoms with Gasteiger partial charge in [-0.1, -0.05) is 63.0 Å². The van der Waals surface area contributed by atoms with Crippen LogP contribution in [0, 0.1) is 17.3 Å². The minimum atomic E-state index is -0.218. The lowest BCUT2D eigenvalue weighted by Crippen LogP contribution is -2.51. The Labute approximate surface area is 165 Å². The molecule has 1 aliphatic rings. The molecular formula is C22H26Cl2O2. The number of halogens is 2. The van der Waals surface area contributed by atoms with Crippen LogP contribution in [0.2, 0.25) is 10.0 Å². The molecule has 4 heteroatoms. The summed E-state index contributed by atoms with van der Waals surface area (Å²) in [6.45, 7) is 9.10. The summed E-state index contributed by atoms with van der Waals surface area (Å²) in [5, 5.41) is 20.4. The van der Waals surface area contributed by atoms with Crippen LogP contribution in [0.15, 0.2) is 36.4 Å². The van der Waals surface area contributed by atoms with E-state index >= 15 is 0 Å². The van der Waals surface area contributed by atoms with Crippen molar-refractivity contribution >= 4 is 23.2 Å². The molecule has 0 unspecified atom stereocenters. The molecule has 140 valence electrons. The third kappa shape index (κ3) is 3.30. The first-order valence-electron chi connectivity index (χ1n) is 9.02. The summed E-state index contributed by atoms with van der Waals surface area (Å²) in [5.74, 6) is 1.16. The second-order valence-electron chi connectivity index (χ2n) is 8.82. The Kier molecular flexibility index (Phi) is 4.96. The van der Waals surface area contributed by atoms with Crippen molar-refractivity contribution < 1.29 is 10.2 Å². The number of hydrogen-bond acceptors (Lipinski definition) is 2. The van der Waals surface area contributed by atoms with Gasteiger partial charge in [-0.3, -0.25) is 0 Å². The standard InChI is InChI=1S/C22H26Cl2O2/c1-13-14(11-21(2,3)4)12-22(13,15-5-7-19(25)17(23)9-15)16-6-8-20(26)18(24)10-16/h5-10,13-14,25-26H,11-12H2,1-4H3/t13-,14+/m0/s1. The summed E-state index contributed by atoms with van der Waals surface area (Å²) in [7, 11) is 0. The molecule has 0 bridgehead atoms. The summed E-state index contributed by atoms with van der Waals surface area (Å²) in [5.41, 5.74) is 2.22. The van der Waals surface area contributed by atoms with E-state index in [0.717, 1.165) is 24.0 Å². The molecule has 2 N–H and O–H groups in total. The van der Waals surface area contributed by atoms with Crippen molar-refractivity contribution in [1.29, 1.82) is 0 Å². The maximum absolute atomic E-state index is 9.84. The Morgan fingerprint density at radius 1 is 0.962 bits per heavy atom. The number of aromatic hydroxyl groups is 2. The molecule has 2 aromatic carbocycles. The normalized spacial score (nSPS) is 22.1. The van der Waals surface area contributed by atoms with Crippen LogP contribution < -0.4 is 0 Å². The van der Waals surface area contributed by atoms with Gasteiger partial charge in [-0.15, -0.1) is 0 Å². The van der Waals surface area contributed by atoms with Crippen LogP contribution in [0.3, 0.4) is 0 Å². The maximum Gasteiger partial charge on any atom is 0.134 e. The van der Waals surface area contributed by atoms with E-state index in [-0.39, 0.29) is 22.3 Å². The van der Waals surface area contributed by atoms with E-state index in [9.17, 15) is 10.2 Å². The van der Waals surface area contributed by atoms with Gasteiger partial charge in [-0.2, -0.15) is 0 Å². The first-order chi connectivity index (χ1) is 12.0. The second kappa shape index (κ2) is 6.65. The van der Waals surface area contributed by atoms with Gasteiger partial charge in [0.2, 0.25) is 0 Å². The van der Waals surface area contributed by atoms with Gasteiger partial charge in [-0.05, 0) is 65.5 Å². The van der Waals surface area contributed by atoms with E-state index in [1.54, 1.807) is 12.1 Å². The largest absolute Gasteiger partial charge is 0.506 e. The smallest absolute Gasteiger partial charge is 0.134 e. The van der Waals surface area contributed by atoms with Gasteiger partial charge >= 0.3 is 0 Å². The van der Waals surface area contributed by atoms with Crippen LogP contribution in [0.5, 0.6) is 11.5 Å². The van der Waals surface area contributed by atoms with E-state index in [2.05, 4.69) is 27.7 Å². The van der Waals surface area contributed by atoms with E-state index in [4.69, 9.17) is 23.2 Å². The van der Waals surface area contributed by atoms with Crippen LogP contribution >= 0.6 is 23.2 Å². The average molecular weight is 393 g/mol. The molecule has 2 atom stereocenters. The van der Waals surface area contributed by atoms with Crippen LogP contribution in [-0.2, 0) is 5.41 Å². The van der Waals surface area contributed by atoms with Gasteiger partial charge in [0, 0.05) is 5.41 Å². The predicted octanol–water partition coefficient (Wildman–Crippen LogP) is 6.78. The summed E-state index contributed by atoms with van der Waals surface area (Å²) >= 11 is 12.4. The number of phenols is 2. The summed E-state index contributed by atoms with van der Waals surface area (Å²) in [6, 6.07) is 10.9. The number of benzene rings is 2. The quantitative estimate of drug-likeness (QED) is 0.603. The van der Waals surface area contributed by atoms with E-state index in [0.29, 0.717) is 21.9 Å².